The smallest absolute Gasteiger partial charge is 0.342 e. The van der Waals surface area contributed by atoms with Gasteiger partial charge in [-0.2, -0.15) is 10.2 Å². The van der Waals surface area contributed by atoms with E-state index in [0.29, 0.717) is 5.56 Å². The van der Waals surface area contributed by atoms with Crippen LogP contribution >= 0.6 is 0 Å². The van der Waals surface area contributed by atoms with Crippen molar-refractivity contribution < 1.29 is 14.8 Å². The Bertz CT molecular complexity index is 947. The molecule has 2 aromatic rings. The number of aromatic nitrogens is 3. The number of nitro groups is 1. The normalized spacial score (nSPS) is 10.7. The highest BCUT2D eigenvalue weighted by atomic mass is 16.6. The van der Waals surface area contributed by atoms with E-state index < -0.39 is 33.5 Å². The maximum Gasteiger partial charge on any atom is 0.342 e. The zero-order valence-electron chi connectivity index (χ0n) is 12.6. The summed E-state index contributed by atoms with van der Waals surface area (Å²) in [6.45, 7) is 0. The number of benzene rings is 1. The molecular weight excluding hydrogens is 336 g/mol. The van der Waals surface area contributed by atoms with Gasteiger partial charge in [0, 0.05) is 24.5 Å². The molecule has 0 aliphatic rings. The van der Waals surface area contributed by atoms with Gasteiger partial charge < -0.3 is 5.11 Å². The molecule has 0 saturated heterocycles. The van der Waals surface area contributed by atoms with Crippen molar-refractivity contribution in [3.05, 3.63) is 60.4 Å². The molecule has 130 valence electrons. The van der Waals surface area contributed by atoms with Gasteiger partial charge in [0.05, 0.1) is 11.1 Å². The SMILES string of the molecule is O=C(CCc1n[nH]c(=O)[nH]c1=O)N/N=C\c1ccc(O)c([N+](=O)[O-])c1. The van der Waals surface area contributed by atoms with Gasteiger partial charge in [0.15, 0.2) is 5.75 Å². The van der Waals surface area contributed by atoms with E-state index in [1.165, 1.54) is 6.07 Å². The number of nitrogens with zero attached hydrogens (tertiary/aromatic N) is 3. The van der Waals surface area contributed by atoms with E-state index in [1.807, 2.05) is 4.98 Å². The molecule has 0 fully saturated rings. The van der Waals surface area contributed by atoms with Crippen molar-refractivity contribution in [2.24, 2.45) is 5.10 Å². The quantitative estimate of drug-likeness (QED) is 0.298. The Morgan fingerprint density at radius 3 is 2.88 bits per heavy atom. The van der Waals surface area contributed by atoms with Crippen molar-refractivity contribution >= 4 is 17.8 Å². The summed E-state index contributed by atoms with van der Waals surface area (Å²) in [6, 6.07) is 3.60. The van der Waals surface area contributed by atoms with Crippen LogP contribution in [0.1, 0.15) is 17.7 Å². The van der Waals surface area contributed by atoms with Gasteiger partial charge in [0.1, 0.15) is 5.69 Å². The predicted molar refractivity (Wildman–Crippen MR) is 84.3 cm³/mol. The molecule has 25 heavy (non-hydrogen) atoms. The lowest BCUT2D eigenvalue weighted by atomic mass is 10.2. The fraction of sp³-hybridized carbons (Fsp3) is 0.154. The van der Waals surface area contributed by atoms with Crippen LogP contribution in [-0.4, -0.2) is 37.3 Å². The van der Waals surface area contributed by atoms with Gasteiger partial charge in [0.25, 0.3) is 5.56 Å². The number of carbonyl (C=O) groups excluding carboxylic acids is 1. The van der Waals surface area contributed by atoms with Crippen LogP contribution in [0.25, 0.3) is 0 Å². The van der Waals surface area contributed by atoms with Gasteiger partial charge in [-0.05, 0) is 12.1 Å². The second kappa shape index (κ2) is 7.63. The Morgan fingerprint density at radius 2 is 2.20 bits per heavy atom. The van der Waals surface area contributed by atoms with Gasteiger partial charge in [-0.1, -0.05) is 0 Å². The number of aryl methyl sites for hydroxylation is 1. The Hall–Kier alpha value is -3.83. The summed E-state index contributed by atoms with van der Waals surface area (Å²) in [7, 11) is 0. The molecular formula is C13H12N6O6. The molecule has 0 spiro atoms. The van der Waals surface area contributed by atoms with E-state index in [2.05, 4.69) is 20.7 Å². The first-order chi connectivity index (χ1) is 11.9. The molecule has 0 bridgehead atoms. The first kappa shape index (κ1) is 17.5. The number of nitro benzene ring substituents is 1. The average Bonchev–Trinajstić information content (AvgIpc) is 2.55. The molecule has 2 rings (SSSR count). The monoisotopic (exact) mass is 348 g/mol. The van der Waals surface area contributed by atoms with E-state index in [1.54, 1.807) is 0 Å². The Kier molecular flexibility index (Phi) is 5.35. The standard InChI is InChI=1S/C13H12N6O6/c20-10-3-1-7(5-9(10)19(24)25)6-14-17-11(21)4-2-8-12(22)15-13(23)18-16-8/h1,3,5-6,20H,2,4H2,(H,17,21)(H2,15,18,22,23)/b14-6-. The molecule has 0 atom stereocenters. The average molecular weight is 348 g/mol. The van der Waals surface area contributed by atoms with Crippen LogP contribution in [0.15, 0.2) is 32.9 Å². The van der Waals surface area contributed by atoms with Gasteiger partial charge >= 0.3 is 11.4 Å². The molecule has 4 N–H and O–H groups in total. The minimum absolute atomic E-state index is 0.00658. The van der Waals surface area contributed by atoms with E-state index >= 15 is 0 Å². The predicted octanol–water partition coefficient (Wildman–Crippen LogP) is -0.845. The summed E-state index contributed by atoms with van der Waals surface area (Å²) < 4.78 is 0. The number of hydrogen-bond acceptors (Lipinski definition) is 8. The fourth-order valence-corrected chi connectivity index (χ4v) is 1.78. The Labute approximate surface area is 138 Å². The largest absolute Gasteiger partial charge is 0.502 e. The highest BCUT2D eigenvalue weighted by Gasteiger charge is 2.12. The molecule has 12 heteroatoms. The van der Waals surface area contributed by atoms with Crippen LogP contribution < -0.4 is 16.7 Å². The first-order valence-corrected chi connectivity index (χ1v) is 6.84. The topological polar surface area (TPSA) is 183 Å². The molecule has 1 aromatic carbocycles. The van der Waals surface area contributed by atoms with Crippen molar-refractivity contribution in [3.63, 3.8) is 0 Å². The third kappa shape index (κ3) is 4.82. The summed E-state index contributed by atoms with van der Waals surface area (Å²) in [6.07, 6.45) is 1.03. The number of hydrogen-bond donors (Lipinski definition) is 4. The molecule has 0 aliphatic heterocycles. The Morgan fingerprint density at radius 1 is 1.44 bits per heavy atom. The summed E-state index contributed by atoms with van der Waals surface area (Å²) in [5.41, 5.74) is 0.554. The first-order valence-electron chi connectivity index (χ1n) is 6.84. The van der Waals surface area contributed by atoms with E-state index in [9.17, 15) is 29.6 Å². The lowest BCUT2D eigenvalue weighted by Gasteiger charge is -2.00. The minimum atomic E-state index is -0.750. The number of carbonyl (C=O) groups is 1. The number of H-pyrrole nitrogens is 2. The van der Waals surface area contributed by atoms with E-state index in [4.69, 9.17) is 0 Å². The molecule has 0 aliphatic carbocycles. The second-order valence-corrected chi connectivity index (χ2v) is 4.75. The zero-order chi connectivity index (χ0) is 18.4. The van der Waals surface area contributed by atoms with Crippen LogP contribution in [0.4, 0.5) is 5.69 Å². The number of aromatic hydroxyl groups is 1. The molecule has 0 radical (unpaired) electrons. The molecule has 0 saturated carbocycles. The molecule has 1 amide bonds. The number of aromatic amines is 2. The number of phenols is 1. The number of hydrazone groups is 1. The highest BCUT2D eigenvalue weighted by Crippen LogP contribution is 2.25. The highest BCUT2D eigenvalue weighted by molar-refractivity contribution is 5.83. The second-order valence-electron chi connectivity index (χ2n) is 4.75. The lowest BCUT2D eigenvalue weighted by Crippen LogP contribution is -2.28. The van der Waals surface area contributed by atoms with Gasteiger partial charge in [-0.15, -0.1) is 0 Å². The van der Waals surface area contributed by atoms with Gasteiger partial charge in [0.2, 0.25) is 5.91 Å². The number of amides is 1. The number of rotatable bonds is 6. The van der Waals surface area contributed by atoms with Crippen molar-refractivity contribution in [2.75, 3.05) is 0 Å². The van der Waals surface area contributed by atoms with Crippen LogP contribution in [-0.2, 0) is 11.2 Å². The summed E-state index contributed by atoms with van der Waals surface area (Å²) in [5.74, 6) is -1.01. The third-order valence-electron chi connectivity index (χ3n) is 2.97. The molecule has 12 nitrogen and oxygen atoms in total. The van der Waals surface area contributed by atoms with Crippen LogP contribution in [0.2, 0.25) is 0 Å². The van der Waals surface area contributed by atoms with E-state index in [-0.39, 0.29) is 18.5 Å². The van der Waals surface area contributed by atoms with Crippen molar-refractivity contribution in [1.82, 2.24) is 20.6 Å². The summed E-state index contributed by atoms with van der Waals surface area (Å²) in [5, 5.41) is 29.2. The van der Waals surface area contributed by atoms with Gasteiger partial charge in [-0.25, -0.2) is 15.3 Å². The lowest BCUT2D eigenvalue weighted by molar-refractivity contribution is -0.385. The van der Waals surface area contributed by atoms with Crippen molar-refractivity contribution in [1.29, 1.82) is 0 Å². The molecule has 1 aromatic heterocycles. The number of nitrogens with one attached hydrogen (secondary N) is 3. The maximum atomic E-state index is 11.6. The van der Waals surface area contributed by atoms with Crippen LogP contribution in [0.5, 0.6) is 5.75 Å². The molecule has 1 heterocycles. The summed E-state index contributed by atoms with van der Waals surface area (Å²) >= 11 is 0. The fourth-order valence-electron chi connectivity index (χ4n) is 1.78. The number of phenolic OH excluding ortho intramolecular Hbond substituents is 1. The summed E-state index contributed by atoms with van der Waals surface area (Å²) in [4.78, 5) is 45.8. The van der Waals surface area contributed by atoms with Crippen LogP contribution in [0.3, 0.4) is 0 Å². The Balaban J connectivity index is 1.92. The van der Waals surface area contributed by atoms with Crippen molar-refractivity contribution in [2.45, 2.75) is 12.8 Å². The molecule has 0 unspecified atom stereocenters. The van der Waals surface area contributed by atoms with Crippen LogP contribution in [0, 0.1) is 10.1 Å². The van der Waals surface area contributed by atoms with Crippen molar-refractivity contribution in [3.8, 4) is 5.75 Å². The van der Waals surface area contributed by atoms with E-state index in [0.717, 1.165) is 18.3 Å². The maximum absolute atomic E-state index is 11.6. The minimum Gasteiger partial charge on any atom is -0.502 e. The van der Waals surface area contributed by atoms with Gasteiger partial charge in [-0.3, -0.25) is 24.7 Å². The third-order valence-corrected chi connectivity index (χ3v) is 2.97. The zero-order valence-corrected chi connectivity index (χ0v) is 12.6.